The number of aromatic nitrogens is 1. The quantitative estimate of drug-likeness (QED) is 0.866. The summed E-state index contributed by atoms with van der Waals surface area (Å²) < 4.78 is 0. The Kier molecular flexibility index (Phi) is 2.83. The smallest absolute Gasteiger partial charge is 0.309 e. The molecule has 0 atom stereocenters. The number of imide groups is 1. The first-order valence-electron chi connectivity index (χ1n) is 5.72. The summed E-state index contributed by atoms with van der Waals surface area (Å²) in [5, 5.41) is 10.4. The van der Waals surface area contributed by atoms with Crippen molar-refractivity contribution in [1.29, 1.82) is 0 Å². The number of hydrogen-bond acceptors (Lipinski definition) is 5. The molecule has 7 heteroatoms. The highest BCUT2D eigenvalue weighted by Gasteiger charge is 2.37. The molecule has 2 amide bonds. The van der Waals surface area contributed by atoms with E-state index in [2.05, 4.69) is 4.98 Å². The van der Waals surface area contributed by atoms with E-state index in [9.17, 15) is 14.4 Å². The van der Waals surface area contributed by atoms with Gasteiger partial charge >= 0.3 is 5.97 Å². The van der Waals surface area contributed by atoms with E-state index in [1.807, 2.05) is 0 Å². The van der Waals surface area contributed by atoms with Crippen molar-refractivity contribution in [3.8, 4) is 0 Å². The predicted molar refractivity (Wildman–Crippen MR) is 71.0 cm³/mol. The van der Waals surface area contributed by atoms with Gasteiger partial charge in [-0.15, -0.1) is 11.3 Å². The summed E-state index contributed by atoms with van der Waals surface area (Å²) in [6.45, 7) is 0. The van der Waals surface area contributed by atoms with E-state index in [4.69, 9.17) is 5.11 Å². The van der Waals surface area contributed by atoms with Gasteiger partial charge in [-0.05, 0) is 12.1 Å². The van der Waals surface area contributed by atoms with Crippen LogP contribution in [0.5, 0.6) is 0 Å². The van der Waals surface area contributed by atoms with Crippen LogP contribution in [-0.2, 0) is 11.2 Å². The van der Waals surface area contributed by atoms with Crippen LogP contribution in [0, 0.1) is 0 Å². The van der Waals surface area contributed by atoms with Gasteiger partial charge in [-0.1, -0.05) is 12.1 Å². The largest absolute Gasteiger partial charge is 0.481 e. The van der Waals surface area contributed by atoms with Crippen LogP contribution < -0.4 is 4.90 Å². The number of thiazole rings is 1. The van der Waals surface area contributed by atoms with E-state index in [1.54, 1.807) is 24.3 Å². The van der Waals surface area contributed by atoms with Gasteiger partial charge in [0.15, 0.2) is 5.13 Å². The van der Waals surface area contributed by atoms with Crippen LogP contribution in [0.4, 0.5) is 5.13 Å². The van der Waals surface area contributed by atoms with E-state index < -0.39 is 17.8 Å². The van der Waals surface area contributed by atoms with Gasteiger partial charge in [-0.25, -0.2) is 9.88 Å². The van der Waals surface area contributed by atoms with E-state index in [-0.39, 0.29) is 11.6 Å². The minimum absolute atomic E-state index is 0.201. The molecule has 1 aromatic carbocycles. The van der Waals surface area contributed by atoms with Gasteiger partial charge < -0.3 is 5.11 Å². The van der Waals surface area contributed by atoms with Crippen LogP contribution in [0.15, 0.2) is 29.6 Å². The van der Waals surface area contributed by atoms with Crippen molar-refractivity contribution in [2.24, 2.45) is 0 Å². The number of carbonyl (C=O) groups is 3. The fraction of sp³-hybridized carbons (Fsp3) is 0.0769. The second kappa shape index (κ2) is 4.53. The average Bonchev–Trinajstić information content (AvgIpc) is 2.94. The normalized spacial score (nSPS) is 13.7. The molecule has 0 radical (unpaired) electrons. The lowest BCUT2D eigenvalue weighted by Gasteiger charge is -2.08. The fourth-order valence-electron chi connectivity index (χ4n) is 2.00. The predicted octanol–water partition coefficient (Wildman–Crippen LogP) is 1.57. The van der Waals surface area contributed by atoms with Gasteiger partial charge in [0.05, 0.1) is 23.2 Å². The molecule has 0 saturated carbocycles. The number of carboxylic acids is 1. The molecular weight excluding hydrogens is 280 g/mol. The number of benzene rings is 1. The van der Waals surface area contributed by atoms with Crippen molar-refractivity contribution >= 4 is 34.3 Å². The Hall–Kier alpha value is -2.54. The zero-order valence-corrected chi connectivity index (χ0v) is 10.9. The van der Waals surface area contributed by atoms with Crippen molar-refractivity contribution in [3.05, 3.63) is 46.5 Å². The van der Waals surface area contributed by atoms with E-state index >= 15 is 0 Å². The van der Waals surface area contributed by atoms with Gasteiger partial charge in [0.2, 0.25) is 0 Å². The Morgan fingerprint density at radius 3 is 2.35 bits per heavy atom. The van der Waals surface area contributed by atoms with Gasteiger partial charge in [0.25, 0.3) is 11.8 Å². The molecule has 2 heterocycles. The number of rotatable bonds is 3. The maximum Gasteiger partial charge on any atom is 0.309 e. The molecule has 1 aliphatic rings. The number of hydrogen-bond donors (Lipinski definition) is 1. The van der Waals surface area contributed by atoms with E-state index in [0.717, 1.165) is 16.2 Å². The zero-order chi connectivity index (χ0) is 14.3. The molecule has 20 heavy (non-hydrogen) atoms. The van der Waals surface area contributed by atoms with E-state index in [0.29, 0.717) is 16.8 Å². The molecule has 2 aromatic rings. The standard InChI is InChI=1S/C13H8N2O4S/c16-10(17)5-7-6-20-13(14-7)15-11(18)8-3-1-2-4-9(8)12(15)19/h1-4,6H,5H2,(H,16,17). The summed E-state index contributed by atoms with van der Waals surface area (Å²) in [6.07, 6.45) is -0.236. The molecule has 0 spiro atoms. The lowest BCUT2D eigenvalue weighted by atomic mass is 10.1. The highest BCUT2D eigenvalue weighted by molar-refractivity contribution is 7.14. The summed E-state index contributed by atoms with van der Waals surface area (Å²) in [4.78, 5) is 40.0. The third-order valence-electron chi connectivity index (χ3n) is 2.86. The monoisotopic (exact) mass is 288 g/mol. The summed E-state index contributed by atoms with van der Waals surface area (Å²) in [7, 11) is 0. The molecule has 1 N–H and O–H groups in total. The Bertz CT molecular complexity index is 702. The molecule has 0 saturated heterocycles. The highest BCUT2D eigenvalue weighted by atomic mass is 32.1. The molecular formula is C13H8N2O4S. The minimum atomic E-state index is -1.01. The Labute approximate surface area is 117 Å². The van der Waals surface area contributed by atoms with Gasteiger partial charge in [0.1, 0.15) is 0 Å². The topological polar surface area (TPSA) is 87.6 Å². The van der Waals surface area contributed by atoms with Gasteiger partial charge in [0, 0.05) is 5.38 Å². The van der Waals surface area contributed by atoms with Crippen molar-refractivity contribution in [2.75, 3.05) is 4.90 Å². The number of fused-ring (bicyclic) bond motifs is 1. The van der Waals surface area contributed by atoms with Crippen molar-refractivity contribution in [1.82, 2.24) is 4.98 Å². The van der Waals surface area contributed by atoms with E-state index in [1.165, 1.54) is 5.38 Å². The van der Waals surface area contributed by atoms with Crippen LogP contribution in [0.2, 0.25) is 0 Å². The maximum atomic E-state index is 12.2. The number of anilines is 1. The highest BCUT2D eigenvalue weighted by Crippen LogP contribution is 2.30. The molecule has 0 fully saturated rings. The number of aliphatic carboxylic acids is 1. The number of carboxylic acid groups (broad SMARTS) is 1. The minimum Gasteiger partial charge on any atom is -0.481 e. The Morgan fingerprint density at radius 2 is 1.80 bits per heavy atom. The first-order valence-corrected chi connectivity index (χ1v) is 6.60. The Balaban J connectivity index is 1.96. The molecule has 1 aromatic heterocycles. The lowest BCUT2D eigenvalue weighted by molar-refractivity contribution is -0.136. The van der Waals surface area contributed by atoms with Crippen molar-refractivity contribution in [2.45, 2.75) is 6.42 Å². The fourth-order valence-corrected chi connectivity index (χ4v) is 2.82. The third kappa shape index (κ3) is 1.88. The van der Waals surface area contributed by atoms with Crippen molar-refractivity contribution in [3.63, 3.8) is 0 Å². The van der Waals surface area contributed by atoms with Gasteiger partial charge in [-0.3, -0.25) is 14.4 Å². The number of amides is 2. The summed E-state index contributed by atoms with van der Waals surface area (Å²) in [6, 6.07) is 6.54. The van der Waals surface area contributed by atoms with Crippen molar-refractivity contribution < 1.29 is 19.5 Å². The van der Waals surface area contributed by atoms with Gasteiger partial charge in [-0.2, -0.15) is 0 Å². The summed E-state index contributed by atoms with van der Waals surface area (Å²) >= 11 is 1.08. The molecule has 1 aliphatic heterocycles. The molecule has 3 rings (SSSR count). The first kappa shape index (κ1) is 12.5. The summed E-state index contributed by atoms with van der Waals surface area (Å²) in [5.41, 5.74) is 1.01. The van der Waals surface area contributed by atoms with Crippen LogP contribution in [0.3, 0.4) is 0 Å². The summed E-state index contributed by atoms with van der Waals surface area (Å²) in [5.74, 6) is -1.87. The molecule has 0 unspecified atom stereocenters. The SMILES string of the molecule is O=C(O)Cc1csc(N2C(=O)c3ccccc3C2=O)n1. The van der Waals surface area contributed by atoms with Crippen LogP contribution in [0.1, 0.15) is 26.4 Å². The first-order chi connectivity index (χ1) is 9.58. The average molecular weight is 288 g/mol. The zero-order valence-electron chi connectivity index (χ0n) is 10.1. The molecule has 6 nitrogen and oxygen atoms in total. The molecule has 100 valence electrons. The van der Waals surface area contributed by atoms with Crippen LogP contribution in [0.25, 0.3) is 0 Å². The number of carbonyl (C=O) groups excluding carboxylic acids is 2. The van der Waals surface area contributed by atoms with Crippen LogP contribution in [-0.4, -0.2) is 27.9 Å². The number of nitrogens with zero attached hydrogens (tertiary/aromatic N) is 2. The van der Waals surface area contributed by atoms with Crippen LogP contribution >= 0.6 is 11.3 Å². The lowest BCUT2D eigenvalue weighted by Crippen LogP contribution is -2.29. The maximum absolute atomic E-state index is 12.2. The second-order valence-corrected chi connectivity index (χ2v) is 5.02. The third-order valence-corrected chi connectivity index (χ3v) is 3.73. The second-order valence-electron chi connectivity index (χ2n) is 4.18. The molecule has 0 aliphatic carbocycles. The Morgan fingerprint density at radius 1 is 1.20 bits per heavy atom. The molecule has 0 bridgehead atoms.